The summed E-state index contributed by atoms with van der Waals surface area (Å²) in [6.07, 6.45) is 4.49. The molecule has 2 rings (SSSR count). The highest BCUT2D eigenvalue weighted by atomic mass is 79.9. The van der Waals surface area contributed by atoms with Crippen LogP contribution in [0.2, 0.25) is 0 Å². The van der Waals surface area contributed by atoms with Crippen LogP contribution in [0.1, 0.15) is 43.0 Å². The van der Waals surface area contributed by atoms with Crippen LogP contribution in [0.5, 0.6) is 5.75 Å². The van der Waals surface area contributed by atoms with Crippen molar-refractivity contribution in [2.24, 2.45) is 5.92 Å². The van der Waals surface area contributed by atoms with Crippen molar-refractivity contribution in [3.05, 3.63) is 28.2 Å². The van der Waals surface area contributed by atoms with Crippen LogP contribution in [0.25, 0.3) is 0 Å². The maximum Gasteiger partial charge on any atom is 0.339 e. The lowest BCUT2D eigenvalue weighted by Crippen LogP contribution is -2.23. The Kier molecular flexibility index (Phi) is 4.27. The molecule has 3 nitrogen and oxygen atoms in total. The lowest BCUT2D eigenvalue weighted by atomic mass is 9.89. The Morgan fingerprint density at radius 1 is 1.33 bits per heavy atom. The Morgan fingerprint density at radius 3 is 2.61 bits per heavy atom. The number of hydrogen-bond acceptors (Lipinski definition) is 2. The van der Waals surface area contributed by atoms with Gasteiger partial charge in [-0.1, -0.05) is 22.9 Å². The number of benzene rings is 1. The summed E-state index contributed by atoms with van der Waals surface area (Å²) in [7, 11) is 0. The van der Waals surface area contributed by atoms with Gasteiger partial charge < -0.3 is 9.84 Å². The molecular formula is C14H17BrO3. The number of carboxylic acids is 1. The second-order valence-corrected chi connectivity index (χ2v) is 5.86. The molecule has 1 N–H and O–H groups in total. The molecule has 1 fully saturated rings. The van der Waals surface area contributed by atoms with E-state index in [-0.39, 0.29) is 11.7 Å². The van der Waals surface area contributed by atoms with E-state index in [2.05, 4.69) is 22.9 Å². The normalized spacial score (nSPS) is 23.7. The first-order valence-electron chi connectivity index (χ1n) is 6.25. The Balaban J connectivity index is 2.11. The van der Waals surface area contributed by atoms with Gasteiger partial charge in [0.15, 0.2) is 0 Å². The van der Waals surface area contributed by atoms with Crippen molar-refractivity contribution in [1.82, 2.24) is 0 Å². The maximum absolute atomic E-state index is 11.2. The lowest BCUT2D eigenvalue weighted by Gasteiger charge is -2.27. The van der Waals surface area contributed by atoms with E-state index in [1.165, 1.54) is 0 Å². The molecule has 0 spiro atoms. The van der Waals surface area contributed by atoms with Crippen LogP contribution in [-0.2, 0) is 0 Å². The average Bonchev–Trinajstić information content (AvgIpc) is 2.34. The summed E-state index contributed by atoms with van der Waals surface area (Å²) in [5, 5.41) is 9.16. The molecule has 4 heteroatoms. The molecule has 0 radical (unpaired) electrons. The van der Waals surface area contributed by atoms with Gasteiger partial charge in [0.1, 0.15) is 11.3 Å². The van der Waals surface area contributed by atoms with Gasteiger partial charge in [-0.05, 0) is 49.8 Å². The Bertz CT molecular complexity index is 437. The molecule has 0 aliphatic heterocycles. The third kappa shape index (κ3) is 3.25. The van der Waals surface area contributed by atoms with Crippen LogP contribution in [0, 0.1) is 5.92 Å². The van der Waals surface area contributed by atoms with Crippen LogP contribution in [-0.4, -0.2) is 17.2 Å². The van der Waals surface area contributed by atoms with E-state index in [9.17, 15) is 4.79 Å². The van der Waals surface area contributed by atoms with Gasteiger partial charge in [0.2, 0.25) is 0 Å². The van der Waals surface area contributed by atoms with Gasteiger partial charge in [-0.3, -0.25) is 0 Å². The molecule has 1 aromatic carbocycles. The van der Waals surface area contributed by atoms with Crippen molar-refractivity contribution in [1.29, 1.82) is 0 Å². The number of carboxylic acid groups (broad SMARTS) is 1. The molecule has 1 saturated carbocycles. The maximum atomic E-state index is 11.2. The molecular weight excluding hydrogens is 296 g/mol. The monoisotopic (exact) mass is 312 g/mol. The predicted octanol–water partition coefficient (Wildman–Crippen LogP) is 4.10. The SMILES string of the molecule is CC1CCC(Oc2ccc(Br)cc2C(=O)O)CC1. The first kappa shape index (κ1) is 13.4. The predicted molar refractivity (Wildman–Crippen MR) is 73.1 cm³/mol. The topological polar surface area (TPSA) is 46.5 Å². The molecule has 1 aliphatic rings. The number of hydrogen-bond donors (Lipinski definition) is 1. The molecule has 0 amide bonds. The van der Waals surface area contributed by atoms with Gasteiger partial charge in [0.05, 0.1) is 6.10 Å². The van der Waals surface area contributed by atoms with E-state index in [1.54, 1.807) is 12.1 Å². The number of halogens is 1. The van der Waals surface area contributed by atoms with E-state index in [1.807, 2.05) is 6.07 Å². The summed E-state index contributed by atoms with van der Waals surface area (Å²) in [5.74, 6) is 0.287. The fourth-order valence-electron chi connectivity index (χ4n) is 2.30. The van der Waals surface area contributed by atoms with Crippen LogP contribution in [0.15, 0.2) is 22.7 Å². The Hall–Kier alpha value is -1.03. The molecule has 0 saturated heterocycles. The van der Waals surface area contributed by atoms with E-state index < -0.39 is 5.97 Å². The smallest absolute Gasteiger partial charge is 0.339 e. The standard InChI is InChI=1S/C14H17BrO3/c1-9-2-5-11(6-3-9)18-13-7-4-10(15)8-12(13)14(16)17/h4,7-9,11H,2-3,5-6H2,1H3,(H,16,17). The number of aromatic carboxylic acids is 1. The molecule has 1 aromatic rings. The van der Waals surface area contributed by atoms with Crippen molar-refractivity contribution in [2.75, 3.05) is 0 Å². The molecule has 1 aliphatic carbocycles. The van der Waals surface area contributed by atoms with Gasteiger partial charge in [-0.15, -0.1) is 0 Å². The third-order valence-corrected chi connectivity index (χ3v) is 3.92. The zero-order valence-corrected chi connectivity index (χ0v) is 11.9. The lowest BCUT2D eigenvalue weighted by molar-refractivity contribution is 0.0684. The second kappa shape index (κ2) is 5.74. The zero-order valence-electron chi connectivity index (χ0n) is 10.4. The van der Waals surface area contributed by atoms with E-state index in [0.29, 0.717) is 5.75 Å². The minimum absolute atomic E-state index is 0.153. The van der Waals surface area contributed by atoms with Crippen LogP contribution >= 0.6 is 15.9 Å². The highest BCUT2D eigenvalue weighted by Crippen LogP contribution is 2.30. The first-order chi connectivity index (χ1) is 8.56. The fraction of sp³-hybridized carbons (Fsp3) is 0.500. The summed E-state index contributed by atoms with van der Waals surface area (Å²) in [4.78, 5) is 11.2. The van der Waals surface area contributed by atoms with Crippen molar-refractivity contribution >= 4 is 21.9 Å². The third-order valence-electron chi connectivity index (χ3n) is 3.43. The second-order valence-electron chi connectivity index (χ2n) is 4.95. The van der Waals surface area contributed by atoms with Gasteiger partial charge >= 0.3 is 5.97 Å². The van der Waals surface area contributed by atoms with Crippen molar-refractivity contribution in [3.63, 3.8) is 0 Å². The van der Waals surface area contributed by atoms with E-state index >= 15 is 0 Å². The highest BCUT2D eigenvalue weighted by molar-refractivity contribution is 9.10. The average molecular weight is 313 g/mol. The summed E-state index contributed by atoms with van der Waals surface area (Å²) >= 11 is 3.28. The molecule has 0 atom stereocenters. The molecule has 0 bridgehead atoms. The summed E-state index contributed by atoms with van der Waals surface area (Å²) < 4.78 is 6.60. The Labute approximate surface area is 115 Å². The molecule has 18 heavy (non-hydrogen) atoms. The molecule has 0 unspecified atom stereocenters. The summed E-state index contributed by atoms with van der Waals surface area (Å²) in [5.41, 5.74) is 0.225. The van der Waals surface area contributed by atoms with Crippen LogP contribution in [0.3, 0.4) is 0 Å². The summed E-state index contributed by atoms with van der Waals surface area (Å²) in [6, 6.07) is 5.13. The Morgan fingerprint density at radius 2 is 2.00 bits per heavy atom. The molecule has 98 valence electrons. The van der Waals surface area contributed by atoms with Crippen molar-refractivity contribution in [2.45, 2.75) is 38.7 Å². The van der Waals surface area contributed by atoms with Gasteiger partial charge in [0, 0.05) is 4.47 Å². The minimum Gasteiger partial charge on any atom is -0.490 e. The van der Waals surface area contributed by atoms with E-state index in [0.717, 1.165) is 36.1 Å². The largest absolute Gasteiger partial charge is 0.490 e. The molecule has 0 aromatic heterocycles. The zero-order chi connectivity index (χ0) is 13.1. The van der Waals surface area contributed by atoms with E-state index in [4.69, 9.17) is 9.84 Å². The number of ether oxygens (including phenoxy) is 1. The van der Waals surface area contributed by atoms with Crippen LogP contribution in [0.4, 0.5) is 0 Å². The summed E-state index contributed by atoms with van der Waals surface area (Å²) in [6.45, 7) is 2.25. The number of carbonyl (C=O) groups is 1. The van der Waals surface area contributed by atoms with Crippen molar-refractivity contribution in [3.8, 4) is 5.75 Å². The van der Waals surface area contributed by atoms with Gasteiger partial charge in [-0.2, -0.15) is 0 Å². The van der Waals surface area contributed by atoms with Gasteiger partial charge in [-0.25, -0.2) is 4.79 Å². The quantitative estimate of drug-likeness (QED) is 0.913. The van der Waals surface area contributed by atoms with Gasteiger partial charge in [0.25, 0.3) is 0 Å². The molecule has 0 heterocycles. The fourth-order valence-corrected chi connectivity index (χ4v) is 2.66. The first-order valence-corrected chi connectivity index (χ1v) is 7.05. The minimum atomic E-state index is -0.949. The van der Waals surface area contributed by atoms with Crippen LogP contribution < -0.4 is 4.74 Å². The number of rotatable bonds is 3. The highest BCUT2D eigenvalue weighted by Gasteiger charge is 2.21. The van der Waals surface area contributed by atoms with Crippen molar-refractivity contribution < 1.29 is 14.6 Å².